The summed E-state index contributed by atoms with van der Waals surface area (Å²) < 4.78 is 49.0. The molecule has 0 bridgehead atoms. The number of sulfonamides is 1. The van der Waals surface area contributed by atoms with E-state index in [4.69, 9.17) is 4.74 Å². The summed E-state index contributed by atoms with van der Waals surface area (Å²) in [5.41, 5.74) is 1.71. The fourth-order valence-electron chi connectivity index (χ4n) is 5.03. The van der Waals surface area contributed by atoms with Gasteiger partial charge in [-0.15, -0.1) is 0 Å². The van der Waals surface area contributed by atoms with Crippen molar-refractivity contribution in [3.63, 3.8) is 0 Å². The van der Waals surface area contributed by atoms with E-state index in [1.165, 1.54) is 11.0 Å². The number of anilines is 2. The van der Waals surface area contributed by atoms with Crippen LogP contribution in [0, 0.1) is 12.7 Å². The maximum atomic E-state index is 15.0. The lowest BCUT2D eigenvalue weighted by molar-refractivity contribution is 0.132. The van der Waals surface area contributed by atoms with Gasteiger partial charge in [0.25, 0.3) is 0 Å². The number of pyridine rings is 1. The highest BCUT2D eigenvalue weighted by atomic mass is 32.2. The van der Waals surface area contributed by atoms with E-state index in [1.54, 1.807) is 48.8 Å². The SMILES string of the molecule is CCCCS(=O)(=O)Nc1c(F)ccc2c(Oc3ncccc3-c3ccnc(N[C@H]4CCCN(C(=O)O)C4)n3)c(C)ccc12. The molecule has 43 heavy (non-hydrogen) atoms. The summed E-state index contributed by atoms with van der Waals surface area (Å²) in [5.74, 6) is 0.189. The molecule has 1 fully saturated rings. The van der Waals surface area contributed by atoms with Gasteiger partial charge >= 0.3 is 6.09 Å². The molecule has 5 rings (SSSR count). The zero-order chi connectivity index (χ0) is 30.6. The zero-order valence-corrected chi connectivity index (χ0v) is 24.7. The van der Waals surface area contributed by atoms with Crippen LogP contribution >= 0.6 is 0 Å². The number of aryl methyl sites for hydroxylation is 1. The molecule has 1 amide bonds. The molecule has 1 aliphatic heterocycles. The van der Waals surface area contributed by atoms with Crippen molar-refractivity contribution in [1.82, 2.24) is 19.9 Å². The average Bonchev–Trinajstić information content (AvgIpc) is 2.99. The molecule has 0 spiro atoms. The maximum Gasteiger partial charge on any atom is 0.407 e. The lowest BCUT2D eigenvalue weighted by atomic mass is 10.0. The highest BCUT2D eigenvalue weighted by molar-refractivity contribution is 7.92. The third kappa shape index (κ3) is 6.94. The molecule has 3 heterocycles. The molecule has 0 saturated carbocycles. The third-order valence-electron chi connectivity index (χ3n) is 7.25. The van der Waals surface area contributed by atoms with Crippen molar-refractivity contribution in [2.45, 2.75) is 45.6 Å². The van der Waals surface area contributed by atoms with Crippen molar-refractivity contribution in [3.8, 4) is 22.9 Å². The van der Waals surface area contributed by atoms with Crippen LogP contribution in [0.3, 0.4) is 0 Å². The van der Waals surface area contributed by atoms with Gasteiger partial charge in [-0.1, -0.05) is 25.5 Å². The van der Waals surface area contributed by atoms with Crippen molar-refractivity contribution in [2.75, 3.05) is 28.9 Å². The van der Waals surface area contributed by atoms with E-state index in [0.717, 1.165) is 18.4 Å². The fourth-order valence-corrected chi connectivity index (χ4v) is 6.32. The molecule has 0 aliphatic carbocycles. The number of nitrogens with zero attached hydrogens (tertiary/aromatic N) is 4. The Labute approximate surface area is 249 Å². The first-order chi connectivity index (χ1) is 20.6. The smallest absolute Gasteiger partial charge is 0.407 e. The summed E-state index contributed by atoms with van der Waals surface area (Å²) in [6, 6.07) is 11.3. The van der Waals surface area contributed by atoms with Gasteiger partial charge in [0.2, 0.25) is 21.9 Å². The number of unbranched alkanes of at least 4 members (excludes halogenated alkanes) is 1. The maximum absolute atomic E-state index is 15.0. The van der Waals surface area contributed by atoms with E-state index in [-0.39, 0.29) is 23.4 Å². The van der Waals surface area contributed by atoms with Crippen LogP contribution < -0.4 is 14.8 Å². The number of ether oxygens (including phenoxy) is 1. The van der Waals surface area contributed by atoms with Crippen molar-refractivity contribution >= 4 is 38.5 Å². The Balaban J connectivity index is 1.46. The Hall–Kier alpha value is -4.52. The van der Waals surface area contributed by atoms with Gasteiger partial charge in [0.05, 0.1) is 22.7 Å². The first-order valence-electron chi connectivity index (χ1n) is 14.1. The number of carboxylic acid groups (broad SMARTS) is 1. The molecule has 1 aliphatic rings. The lowest BCUT2D eigenvalue weighted by Crippen LogP contribution is -2.44. The summed E-state index contributed by atoms with van der Waals surface area (Å²) in [4.78, 5) is 26.2. The number of benzene rings is 2. The minimum absolute atomic E-state index is 0.111. The quantitative estimate of drug-likeness (QED) is 0.196. The number of aromatic nitrogens is 3. The number of carbonyl (C=O) groups is 1. The van der Waals surface area contributed by atoms with E-state index in [1.807, 2.05) is 13.8 Å². The number of piperidine rings is 1. The number of nitrogens with one attached hydrogen (secondary N) is 2. The van der Waals surface area contributed by atoms with Crippen molar-refractivity contribution in [1.29, 1.82) is 0 Å². The molecule has 1 atom stereocenters. The van der Waals surface area contributed by atoms with Crippen molar-refractivity contribution in [3.05, 3.63) is 66.2 Å². The van der Waals surface area contributed by atoms with Gasteiger partial charge in [-0.25, -0.2) is 32.6 Å². The van der Waals surface area contributed by atoms with Crippen LogP contribution in [0.5, 0.6) is 11.6 Å². The third-order valence-corrected chi connectivity index (χ3v) is 8.59. The van der Waals surface area contributed by atoms with E-state index in [2.05, 4.69) is 25.0 Å². The molecular formula is C30H33FN6O5S. The standard InChI is InChI=1S/C30H33FN6O5S/c1-3-4-17-43(40,41)36-26-21-10-9-19(2)27(22(21)11-12-24(26)31)42-28-23(8-5-14-32-28)25-13-15-33-29(35-25)34-20-7-6-16-37(18-20)30(38)39/h5,8-15,20,36H,3-4,6-7,16-18H2,1-2H3,(H,38,39)(H,33,34,35)/t20-/m0/s1. The van der Waals surface area contributed by atoms with Gasteiger partial charge in [0.1, 0.15) is 11.6 Å². The Morgan fingerprint density at radius 1 is 1.14 bits per heavy atom. The van der Waals surface area contributed by atoms with Gasteiger partial charge in [-0.2, -0.15) is 0 Å². The number of hydrogen-bond donors (Lipinski definition) is 3. The van der Waals surface area contributed by atoms with E-state index < -0.39 is 21.9 Å². The first kappa shape index (κ1) is 30.0. The van der Waals surface area contributed by atoms with Gasteiger partial charge in [0.15, 0.2) is 0 Å². The lowest BCUT2D eigenvalue weighted by Gasteiger charge is -2.31. The normalized spacial score (nSPS) is 15.3. The first-order valence-corrected chi connectivity index (χ1v) is 15.7. The molecule has 3 N–H and O–H groups in total. The molecule has 226 valence electrons. The summed E-state index contributed by atoms with van der Waals surface area (Å²) in [6.07, 6.45) is 4.90. The minimum Gasteiger partial charge on any atom is -0.465 e. The van der Waals surface area contributed by atoms with Crippen molar-refractivity contribution in [2.24, 2.45) is 0 Å². The second-order valence-electron chi connectivity index (χ2n) is 10.4. The molecule has 4 aromatic rings. The minimum atomic E-state index is -3.75. The molecule has 1 saturated heterocycles. The van der Waals surface area contributed by atoms with E-state index >= 15 is 0 Å². The molecule has 2 aromatic carbocycles. The Kier molecular flexibility index (Phi) is 8.90. The number of halogens is 1. The topological polar surface area (TPSA) is 147 Å². The van der Waals surface area contributed by atoms with Crippen LogP contribution in [0.25, 0.3) is 22.0 Å². The van der Waals surface area contributed by atoms with Gasteiger partial charge < -0.3 is 20.1 Å². The number of rotatable bonds is 10. The molecule has 0 unspecified atom stereocenters. The van der Waals surface area contributed by atoms with Crippen LogP contribution in [0.15, 0.2) is 54.9 Å². The summed E-state index contributed by atoms with van der Waals surface area (Å²) in [5, 5.41) is 13.5. The molecular weight excluding hydrogens is 575 g/mol. The van der Waals surface area contributed by atoms with E-state index in [0.29, 0.717) is 59.7 Å². The number of fused-ring (bicyclic) bond motifs is 1. The number of amides is 1. The predicted molar refractivity (Wildman–Crippen MR) is 163 cm³/mol. The molecule has 13 heteroatoms. The molecule has 11 nitrogen and oxygen atoms in total. The summed E-state index contributed by atoms with van der Waals surface area (Å²) in [6.45, 7) is 4.55. The average molecular weight is 609 g/mol. The van der Waals surface area contributed by atoms with Crippen molar-refractivity contribution < 1.29 is 27.4 Å². The zero-order valence-electron chi connectivity index (χ0n) is 23.9. The number of likely N-dealkylation sites (tertiary alicyclic amines) is 1. The largest absolute Gasteiger partial charge is 0.465 e. The molecule has 2 aromatic heterocycles. The molecule has 0 radical (unpaired) electrons. The van der Waals surface area contributed by atoms with Gasteiger partial charge in [0, 0.05) is 42.3 Å². The van der Waals surface area contributed by atoms with Crippen LogP contribution in [0.1, 0.15) is 38.2 Å². The fraction of sp³-hybridized carbons (Fsp3) is 0.333. The Morgan fingerprint density at radius 3 is 2.74 bits per heavy atom. The monoisotopic (exact) mass is 608 g/mol. The number of hydrogen-bond acceptors (Lipinski definition) is 8. The van der Waals surface area contributed by atoms with Gasteiger partial charge in [-0.3, -0.25) is 4.72 Å². The van der Waals surface area contributed by atoms with Crippen LogP contribution in [-0.4, -0.2) is 64.4 Å². The second-order valence-corrected chi connectivity index (χ2v) is 12.3. The highest BCUT2D eigenvalue weighted by Gasteiger charge is 2.24. The Morgan fingerprint density at radius 2 is 1.95 bits per heavy atom. The summed E-state index contributed by atoms with van der Waals surface area (Å²) >= 11 is 0. The second kappa shape index (κ2) is 12.8. The van der Waals surface area contributed by atoms with Crippen LogP contribution in [0.2, 0.25) is 0 Å². The van der Waals surface area contributed by atoms with Gasteiger partial charge in [-0.05, 0) is 62.1 Å². The Bertz CT molecular complexity index is 1750. The highest BCUT2D eigenvalue weighted by Crippen LogP contribution is 2.39. The van der Waals surface area contributed by atoms with E-state index in [9.17, 15) is 22.7 Å². The summed E-state index contributed by atoms with van der Waals surface area (Å²) in [7, 11) is -3.75. The van der Waals surface area contributed by atoms with Crippen LogP contribution in [0.4, 0.5) is 20.8 Å². The predicted octanol–water partition coefficient (Wildman–Crippen LogP) is 6.03. The van der Waals surface area contributed by atoms with Crippen LogP contribution in [-0.2, 0) is 10.0 Å².